The summed E-state index contributed by atoms with van der Waals surface area (Å²) < 4.78 is 17.5. The molecule has 27 heavy (non-hydrogen) atoms. The number of methoxy groups -OCH3 is 3. The highest BCUT2D eigenvalue weighted by atomic mass is 16.5. The van der Waals surface area contributed by atoms with Crippen molar-refractivity contribution in [3.63, 3.8) is 0 Å². The van der Waals surface area contributed by atoms with Gasteiger partial charge in [-0.3, -0.25) is 4.79 Å². The molecule has 7 nitrogen and oxygen atoms in total. The topological polar surface area (TPSA) is 75.5 Å². The Balaban J connectivity index is 1.80. The molecule has 2 aromatic carbocycles. The molecule has 0 saturated heterocycles. The fourth-order valence-electron chi connectivity index (χ4n) is 2.57. The molecule has 0 amide bonds. The maximum absolute atomic E-state index is 12.5. The van der Waals surface area contributed by atoms with E-state index in [2.05, 4.69) is 10.1 Å². The Labute approximate surface area is 156 Å². The molecule has 3 aromatic rings. The van der Waals surface area contributed by atoms with Crippen LogP contribution in [0.3, 0.4) is 0 Å². The van der Waals surface area contributed by atoms with Crippen molar-refractivity contribution in [2.24, 2.45) is 0 Å². The fourth-order valence-corrected chi connectivity index (χ4v) is 2.57. The molecule has 3 rings (SSSR count). The Morgan fingerprint density at radius 2 is 1.67 bits per heavy atom. The average Bonchev–Trinajstić information content (AvgIpc) is 3.26. The Morgan fingerprint density at radius 1 is 1.00 bits per heavy atom. The van der Waals surface area contributed by atoms with Crippen LogP contribution in [-0.4, -0.2) is 41.9 Å². The molecule has 0 atom stereocenters. The number of allylic oxidation sites excluding steroid dienone is 1. The summed E-state index contributed by atoms with van der Waals surface area (Å²) in [4.78, 5) is 16.5. The lowest BCUT2D eigenvalue weighted by Gasteiger charge is -2.13. The van der Waals surface area contributed by atoms with Crippen LogP contribution in [-0.2, 0) is 0 Å². The van der Waals surface area contributed by atoms with Gasteiger partial charge in [-0.05, 0) is 35.9 Å². The predicted molar refractivity (Wildman–Crippen MR) is 101 cm³/mol. The van der Waals surface area contributed by atoms with Crippen molar-refractivity contribution in [1.29, 1.82) is 0 Å². The molecule has 0 aliphatic carbocycles. The highest BCUT2D eigenvalue weighted by Crippen LogP contribution is 2.38. The molecular weight excluding hydrogens is 346 g/mol. The largest absolute Gasteiger partial charge is 0.493 e. The Bertz CT molecular complexity index is 923. The van der Waals surface area contributed by atoms with Crippen LogP contribution in [0.2, 0.25) is 0 Å². The van der Waals surface area contributed by atoms with Crippen molar-refractivity contribution in [3.8, 4) is 22.9 Å². The summed E-state index contributed by atoms with van der Waals surface area (Å²) in [6.45, 7) is 0. The van der Waals surface area contributed by atoms with E-state index in [-0.39, 0.29) is 5.78 Å². The van der Waals surface area contributed by atoms with E-state index in [0.717, 1.165) is 11.3 Å². The average molecular weight is 365 g/mol. The molecule has 0 radical (unpaired) electrons. The van der Waals surface area contributed by atoms with Gasteiger partial charge in [-0.15, -0.1) is 0 Å². The normalized spacial score (nSPS) is 10.8. The number of rotatable bonds is 7. The van der Waals surface area contributed by atoms with E-state index >= 15 is 0 Å². The van der Waals surface area contributed by atoms with E-state index in [0.29, 0.717) is 22.8 Å². The van der Waals surface area contributed by atoms with Crippen molar-refractivity contribution in [2.75, 3.05) is 21.3 Å². The molecule has 0 fully saturated rings. The first-order valence-electron chi connectivity index (χ1n) is 8.13. The summed E-state index contributed by atoms with van der Waals surface area (Å²) in [5.41, 5.74) is 2.22. The summed E-state index contributed by atoms with van der Waals surface area (Å²) in [7, 11) is 4.54. The molecule has 0 aliphatic heterocycles. The molecule has 0 unspecified atom stereocenters. The highest BCUT2D eigenvalue weighted by Gasteiger charge is 2.15. The van der Waals surface area contributed by atoms with Crippen LogP contribution in [0, 0.1) is 0 Å². The van der Waals surface area contributed by atoms with Crippen LogP contribution in [0.5, 0.6) is 17.2 Å². The number of hydrogen-bond acceptors (Lipinski definition) is 6. The smallest absolute Gasteiger partial charge is 0.203 e. The van der Waals surface area contributed by atoms with Gasteiger partial charge in [0.2, 0.25) is 5.75 Å². The van der Waals surface area contributed by atoms with Crippen LogP contribution in [0.15, 0.2) is 55.1 Å². The maximum atomic E-state index is 12.5. The highest BCUT2D eigenvalue weighted by molar-refractivity contribution is 6.07. The van der Waals surface area contributed by atoms with Crippen molar-refractivity contribution in [2.45, 2.75) is 0 Å². The molecule has 0 saturated carbocycles. The first kappa shape index (κ1) is 18.2. The van der Waals surface area contributed by atoms with Crippen molar-refractivity contribution in [3.05, 3.63) is 66.3 Å². The van der Waals surface area contributed by atoms with Crippen molar-refractivity contribution >= 4 is 11.9 Å². The van der Waals surface area contributed by atoms with E-state index in [1.54, 1.807) is 29.2 Å². The van der Waals surface area contributed by atoms with Gasteiger partial charge in [0.15, 0.2) is 17.3 Å². The second-order valence-electron chi connectivity index (χ2n) is 5.54. The molecular formula is C20H19N3O4. The summed E-state index contributed by atoms with van der Waals surface area (Å²) in [6.07, 6.45) is 6.35. The summed E-state index contributed by atoms with van der Waals surface area (Å²) >= 11 is 0. The molecule has 1 heterocycles. The van der Waals surface area contributed by atoms with Crippen molar-refractivity contribution < 1.29 is 19.0 Å². The van der Waals surface area contributed by atoms with Gasteiger partial charge in [-0.1, -0.05) is 18.2 Å². The third-order valence-corrected chi connectivity index (χ3v) is 3.95. The number of carbonyl (C=O) groups excluding carboxylic acids is 1. The van der Waals surface area contributed by atoms with Gasteiger partial charge < -0.3 is 14.2 Å². The fraction of sp³-hybridized carbons (Fsp3) is 0.150. The minimum atomic E-state index is -0.172. The number of hydrogen-bond donors (Lipinski definition) is 0. The summed E-state index contributed by atoms with van der Waals surface area (Å²) in [5, 5.41) is 4.08. The van der Waals surface area contributed by atoms with Crippen molar-refractivity contribution in [1.82, 2.24) is 14.8 Å². The van der Waals surface area contributed by atoms with E-state index in [1.807, 2.05) is 24.3 Å². The molecule has 0 spiro atoms. The van der Waals surface area contributed by atoms with Crippen LogP contribution < -0.4 is 14.2 Å². The number of benzene rings is 2. The van der Waals surface area contributed by atoms with Gasteiger partial charge in [0, 0.05) is 5.56 Å². The third-order valence-electron chi connectivity index (χ3n) is 3.95. The Hall–Kier alpha value is -3.61. The molecule has 0 aliphatic rings. The molecule has 0 bridgehead atoms. The molecule has 1 aromatic heterocycles. The minimum absolute atomic E-state index is 0.172. The molecule has 7 heteroatoms. The van der Waals surface area contributed by atoms with Gasteiger partial charge in [0.1, 0.15) is 12.7 Å². The zero-order valence-electron chi connectivity index (χ0n) is 15.2. The third kappa shape index (κ3) is 3.98. The molecule has 138 valence electrons. The SMILES string of the molecule is COc1cc(C(=O)C=Cc2ccc(-n3cncn3)cc2)cc(OC)c1OC. The first-order valence-corrected chi connectivity index (χ1v) is 8.13. The van der Waals surface area contributed by atoms with E-state index in [9.17, 15) is 4.79 Å². The lowest BCUT2D eigenvalue weighted by molar-refractivity contribution is 0.104. The number of nitrogens with zero attached hydrogens (tertiary/aromatic N) is 3. The zero-order valence-corrected chi connectivity index (χ0v) is 15.2. The van der Waals surface area contributed by atoms with Crippen LogP contribution in [0.1, 0.15) is 15.9 Å². The summed E-state index contributed by atoms with van der Waals surface area (Å²) in [6, 6.07) is 10.9. The van der Waals surface area contributed by atoms with Gasteiger partial charge >= 0.3 is 0 Å². The predicted octanol–water partition coefficient (Wildman–Crippen LogP) is 3.19. The van der Waals surface area contributed by atoms with Gasteiger partial charge in [0.05, 0.1) is 27.0 Å². The maximum Gasteiger partial charge on any atom is 0.203 e. The number of ether oxygens (including phenoxy) is 3. The number of ketones is 1. The standard InChI is InChI=1S/C20H19N3O4/c1-25-18-10-15(11-19(26-2)20(18)27-3)17(24)9-6-14-4-7-16(8-5-14)23-13-21-12-22-23/h4-13H,1-3H3. The monoisotopic (exact) mass is 365 g/mol. The lowest BCUT2D eigenvalue weighted by Crippen LogP contribution is -2.00. The second-order valence-corrected chi connectivity index (χ2v) is 5.54. The quantitative estimate of drug-likeness (QED) is 0.473. The van der Waals surface area contributed by atoms with Gasteiger partial charge in [-0.2, -0.15) is 5.10 Å². The van der Waals surface area contributed by atoms with E-state index < -0.39 is 0 Å². The van der Waals surface area contributed by atoms with Crippen LogP contribution in [0.4, 0.5) is 0 Å². The van der Waals surface area contributed by atoms with Gasteiger partial charge in [-0.25, -0.2) is 9.67 Å². The summed E-state index contributed by atoms with van der Waals surface area (Å²) in [5.74, 6) is 1.15. The van der Waals surface area contributed by atoms with Crippen LogP contribution in [0.25, 0.3) is 11.8 Å². The first-order chi connectivity index (χ1) is 13.2. The number of carbonyl (C=O) groups is 1. The Kier molecular flexibility index (Phi) is 5.51. The Morgan fingerprint density at radius 3 is 2.19 bits per heavy atom. The van der Waals surface area contributed by atoms with Gasteiger partial charge in [0.25, 0.3) is 0 Å². The molecule has 0 N–H and O–H groups in total. The van der Waals surface area contributed by atoms with E-state index in [1.165, 1.54) is 33.7 Å². The minimum Gasteiger partial charge on any atom is -0.493 e. The van der Waals surface area contributed by atoms with Crippen LogP contribution >= 0.6 is 0 Å². The zero-order chi connectivity index (χ0) is 19.2. The van der Waals surface area contributed by atoms with E-state index in [4.69, 9.17) is 14.2 Å². The number of aromatic nitrogens is 3. The second kappa shape index (κ2) is 8.18. The lowest BCUT2D eigenvalue weighted by atomic mass is 10.1.